The number of benzene rings is 3. The third kappa shape index (κ3) is 4.98. The van der Waals surface area contributed by atoms with E-state index >= 15 is 0 Å². The van der Waals surface area contributed by atoms with Gasteiger partial charge in [-0.05, 0) is 53.5 Å². The van der Waals surface area contributed by atoms with Crippen molar-refractivity contribution in [2.45, 2.75) is 63.4 Å². The highest BCUT2D eigenvalue weighted by molar-refractivity contribution is 5.45. The standard InChI is InChI=1S/C30H34O4/c31-29-17-24-13-7-8-14-25(24)19-30(29,32)26-15-16-27(33-20-22-9-3-1-4-10-22)28(18-26)34-21-23-11-5-2-6-12-23/h1-6,9-12,15-16,18,24-25,29,31-32H,7-8,13-14,17,19-21H2/t24-,25-,29+,30-/m1/s1. The first kappa shape index (κ1) is 22.9. The van der Waals surface area contributed by atoms with Gasteiger partial charge in [0, 0.05) is 0 Å². The van der Waals surface area contributed by atoms with E-state index in [0.717, 1.165) is 24.0 Å². The summed E-state index contributed by atoms with van der Waals surface area (Å²) < 4.78 is 12.3. The predicted molar refractivity (Wildman–Crippen MR) is 133 cm³/mol. The molecule has 3 aromatic rings. The molecule has 0 heterocycles. The Hall–Kier alpha value is -2.82. The van der Waals surface area contributed by atoms with Gasteiger partial charge in [0.2, 0.25) is 0 Å². The van der Waals surface area contributed by atoms with Crippen LogP contribution in [0.3, 0.4) is 0 Å². The first-order valence-corrected chi connectivity index (χ1v) is 12.5. The Kier molecular flexibility index (Phi) is 6.89. The monoisotopic (exact) mass is 458 g/mol. The van der Waals surface area contributed by atoms with Crippen LogP contribution in [-0.2, 0) is 18.8 Å². The lowest BCUT2D eigenvalue weighted by Crippen LogP contribution is -2.48. The first-order valence-electron chi connectivity index (χ1n) is 12.5. The molecule has 0 aromatic heterocycles. The fourth-order valence-corrected chi connectivity index (χ4v) is 5.67. The summed E-state index contributed by atoms with van der Waals surface area (Å²) >= 11 is 0. The van der Waals surface area contributed by atoms with Crippen molar-refractivity contribution in [3.8, 4) is 11.5 Å². The lowest BCUT2D eigenvalue weighted by Gasteiger charge is -2.47. The molecule has 3 aromatic carbocycles. The van der Waals surface area contributed by atoms with E-state index in [4.69, 9.17) is 9.47 Å². The average Bonchev–Trinajstić information content (AvgIpc) is 2.88. The molecule has 0 radical (unpaired) electrons. The van der Waals surface area contributed by atoms with Gasteiger partial charge in [-0.25, -0.2) is 0 Å². The molecule has 0 saturated heterocycles. The Morgan fingerprint density at radius 2 is 1.32 bits per heavy atom. The largest absolute Gasteiger partial charge is 0.485 e. The molecule has 2 fully saturated rings. The molecule has 4 atom stereocenters. The van der Waals surface area contributed by atoms with Gasteiger partial charge in [-0.3, -0.25) is 0 Å². The molecule has 0 unspecified atom stereocenters. The molecule has 2 aliphatic rings. The topological polar surface area (TPSA) is 58.9 Å². The molecule has 2 aliphatic carbocycles. The van der Waals surface area contributed by atoms with E-state index in [1.54, 1.807) is 0 Å². The van der Waals surface area contributed by atoms with Crippen molar-refractivity contribution in [1.29, 1.82) is 0 Å². The minimum atomic E-state index is -1.26. The van der Waals surface area contributed by atoms with Gasteiger partial charge in [0.1, 0.15) is 18.8 Å². The molecule has 4 nitrogen and oxygen atoms in total. The Balaban J connectivity index is 1.41. The summed E-state index contributed by atoms with van der Waals surface area (Å²) in [5.41, 5.74) is 1.58. The zero-order valence-corrected chi connectivity index (χ0v) is 19.6. The van der Waals surface area contributed by atoms with Crippen molar-refractivity contribution in [2.75, 3.05) is 0 Å². The van der Waals surface area contributed by atoms with Crippen molar-refractivity contribution < 1.29 is 19.7 Å². The van der Waals surface area contributed by atoms with E-state index in [0.29, 0.717) is 55.0 Å². The van der Waals surface area contributed by atoms with Crippen molar-refractivity contribution in [3.05, 3.63) is 95.6 Å². The Morgan fingerprint density at radius 3 is 1.97 bits per heavy atom. The van der Waals surface area contributed by atoms with E-state index < -0.39 is 11.7 Å². The van der Waals surface area contributed by atoms with Gasteiger partial charge in [-0.15, -0.1) is 0 Å². The van der Waals surface area contributed by atoms with Crippen LogP contribution in [0, 0.1) is 11.8 Å². The van der Waals surface area contributed by atoms with E-state index in [1.165, 1.54) is 12.8 Å². The third-order valence-electron chi connectivity index (χ3n) is 7.64. The number of aliphatic hydroxyl groups excluding tert-OH is 1. The highest BCUT2D eigenvalue weighted by atomic mass is 16.5. The fraction of sp³-hybridized carbons (Fsp3) is 0.400. The molecule has 178 valence electrons. The smallest absolute Gasteiger partial charge is 0.162 e. The Bertz CT molecular complexity index is 1070. The lowest BCUT2D eigenvalue weighted by molar-refractivity contribution is -0.141. The SMILES string of the molecule is O[C@H]1C[C@H]2CCCC[C@@H]2C[C@@]1(O)c1ccc(OCc2ccccc2)c(OCc2ccccc2)c1. The van der Waals surface area contributed by atoms with Gasteiger partial charge in [-0.1, -0.05) is 92.4 Å². The van der Waals surface area contributed by atoms with E-state index in [1.807, 2.05) is 78.9 Å². The molecule has 0 bridgehead atoms. The molecule has 2 saturated carbocycles. The summed E-state index contributed by atoms with van der Waals surface area (Å²) in [4.78, 5) is 0. The zero-order valence-electron chi connectivity index (χ0n) is 19.6. The zero-order chi connectivity index (χ0) is 23.4. The van der Waals surface area contributed by atoms with Crippen LogP contribution in [0.4, 0.5) is 0 Å². The van der Waals surface area contributed by atoms with Gasteiger partial charge >= 0.3 is 0 Å². The molecule has 0 aliphatic heterocycles. The lowest BCUT2D eigenvalue weighted by atomic mass is 9.63. The van der Waals surface area contributed by atoms with Crippen LogP contribution >= 0.6 is 0 Å². The molecule has 2 N–H and O–H groups in total. The first-order chi connectivity index (χ1) is 16.6. The second kappa shape index (κ2) is 10.2. The highest BCUT2D eigenvalue weighted by Crippen LogP contribution is 2.49. The Labute approximate surface area is 202 Å². The summed E-state index contributed by atoms with van der Waals surface area (Å²) in [5.74, 6) is 2.20. The number of ether oxygens (including phenoxy) is 2. The normalized spacial score (nSPS) is 26.5. The minimum absolute atomic E-state index is 0.400. The number of hydrogen-bond acceptors (Lipinski definition) is 4. The summed E-state index contributed by atoms with van der Waals surface area (Å²) in [6, 6.07) is 25.7. The second-order valence-electron chi connectivity index (χ2n) is 9.89. The molecule has 0 spiro atoms. The third-order valence-corrected chi connectivity index (χ3v) is 7.64. The maximum atomic E-state index is 11.7. The van der Waals surface area contributed by atoms with Crippen LogP contribution in [0.1, 0.15) is 55.2 Å². The number of hydrogen-bond donors (Lipinski definition) is 2. The van der Waals surface area contributed by atoms with Crippen LogP contribution in [0.25, 0.3) is 0 Å². The van der Waals surface area contributed by atoms with Crippen molar-refractivity contribution in [1.82, 2.24) is 0 Å². The average molecular weight is 459 g/mol. The molecule has 5 rings (SSSR count). The van der Waals surface area contributed by atoms with Crippen molar-refractivity contribution in [3.63, 3.8) is 0 Å². The summed E-state index contributed by atoms with van der Waals surface area (Å²) in [6.45, 7) is 0.830. The van der Waals surface area contributed by atoms with E-state index in [-0.39, 0.29) is 0 Å². The Morgan fingerprint density at radius 1 is 0.735 bits per heavy atom. The summed E-state index contributed by atoms with van der Waals surface area (Å²) in [5, 5.41) is 22.7. The molecule has 34 heavy (non-hydrogen) atoms. The summed E-state index contributed by atoms with van der Waals surface area (Å²) in [6.07, 6.45) is 5.23. The van der Waals surface area contributed by atoms with Gasteiger partial charge in [0.25, 0.3) is 0 Å². The van der Waals surface area contributed by atoms with E-state index in [9.17, 15) is 10.2 Å². The summed E-state index contributed by atoms with van der Waals surface area (Å²) in [7, 11) is 0. The highest BCUT2D eigenvalue weighted by Gasteiger charge is 2.47. The minimum Gasteiger partial charge on any atom is -0.485 e. The molecule has 4 heteroatoms. The molecular weight excluding hydrogens is 424 g/mol. The van der Waals surface area contributed by atoms with Gasteiger partial charge in [0.05, 0.1) is 6.10 Å². The van der Waals surface area contributed by atoms with Gasteiger partial charge in [0.15, 0.2) is 11.5 Å². The van der Waals surface area contributed by atoms with Crippen LogP contribution in [0.15, 0.2) is 78.9 Å². The second-order valence-corrected chi connectivity index (χ2v) is 9.89. The van der Waals surface area contributed by atoms with Crippen molar-refractivity contribution in [2.24, 2.45) is 11.8 Å². The van der Waals surface area contributed by atoms with Crippen LogP contribution in [0.2, 0.25) is 0 Å². The van der Waals surface area contributed by atoms with Crippen LogP contribution in [-0.4, -0.2) is 16.3 Å². The number of rotatable bonds is 7. The predicted octanol–water partition coefficient (Wildman–Crippen LogP) is 5.99. The number of fused-ring (bicyclic) bond motifs is 1. The van der Waals surface area contributed by atoms with Crippen molar-refractivity contribution >= 4 is 0 Å². The van der Waals surface area contributed by atoms with Crippen LogP contribution in [0.5, 0.6) is 11.5 Å². The van der Waals surface area contributed by atoms with Gasteiger partial charge < -0.3 is 19.7 Å². The molecule has 0 amide bonds. The molecular formula is C30H34O4. The fourth-order valence-electron chi connectivity index (χ4n) is 5.67. The quantitative estimate of drug-likeness (QED) is 0.456. The maximum absolute atomic E-state index is 11.7. The van der Waals surface area contributed by atoms with Gasteiger partial charge in [-0.2, -0.15) is 0 Å². The maximum Gasteiger partial charge on any atom is 0.162 e. The van der Waals surface area contributed by atoms with E-state index in [2.05, 4.69) is 0 Å². The number of aliphatic hydroxyl groups is 2. The van der Waals surface area contributed by atoms with Crippen LogP contribution < -0.4 is 9.47 Å².